The number of carbonyl (C=O) groups is 1. The van der Waals surface area contributed by atoms with Gasteiger partial charge < -0.3 is 10.4 Å². The Bertz CT molecular complexity index is 657. The van der Waals surface area contributed by atoms with Crippen LogP contribution in [0.25, 0.3) is 0 Å². The predicted molar refractivity (Wildman–Crippen MR) is 75.1 cm³/mol. The van der Waals surface area contributed by atoms with Crippen molar-refractivity contribution in [3.05, 3.63) is 65.2 Å². The molecule has 0 saturated carbocycles. The second-order valence-corrected chi connectivity index (χ2v) is 4.48. The Balaban J connectivity index is 2.09. The van der Waals surface area contributed by atoms with Crippen LogP contribution in [0.4, 0.5) is 0 Å². The minimum atomic E-state index is -0.252. The Kier molecular flexibility index (Phi) is 4.02. The van der Waals surface area contributed by atoms with E-state index in [9.17, 15) is 9.90 Å². The molecule has 2 aromatic rings. The number of nitrogens with one attached hydrogen (secondary N) is 1. The molecular weight excluding hydrogens is 252 g/mol. The fraction of sp³-hybridized carbons (Fsp3) is 0.125. The van der Waals surface area contributed by atoms with Crippen molar-refractivity contribution >= 4 is 5.91 Å². The molecule has 0 spiro atoms. The van der Waals surface area contributed by atoms with Crippen LogP contribution in [0.1, 0.15) is 34.5 Å². The maximum Gasteiger partial charge on any atom is 0.251 e. The topological polar surface area (TPSA) is 73.1 Å². The maximum absolute atomic E-state index is 12.0. The molecule has 1 amide bonds. The standard InChI is InChI=1S/C16H14N2O2/c1-11(13-7-5-12(10-17)6-8-13)18-16(20)14-3-2-4-15(19)9-14/h2-9,11,19H,1H3,(H,18,20). The summed E-state index contributed by atoms with van der Waals surface area (Å²) in [6.45, 7) is 1.86. The Hall–Kier alpha value is -2.80. The summed E-state index contributed by atoms with van der Waals surface area (Å²) in [6.07, 6.45) is 0. The molecule has 1 unspecified atom stereocenters. The van der Waals surface area contributed by atoms with Crippen LogP contribution < -0.4 is 5.32 Å². The molecule has 4 nitrogen and oxygen atoms in total. The number of nitriles is 1. The first-order valence-electron chi connectivity index (χ1n) is 6.20. The van der Waals surface area contributed by atoms with Crippen molar-refractivity contribution in [2.45, 2.75) is 13.0 Å². The number of hydrogen-bond acceptors (Lipinski definition) is 3. The van der Waals surface area contributed by atoms with E-state index in [0.29, 0.717) is 11.1 Å². The Morgan fingerprint density at radius 3 is 2.55 bits per heavy atom. The van der Waals surface area contributed by atoms with Crippen LogP contribution in [0.3, 0.4) is 0 Å². The first-order chi connectivity index (χ1) is 9.60. The summed E-state index contributed by atoms with van der Waals surface area (Å²) in [5.74, 6) is -0.193. The number of nitrogens with zero attached hydrogens (tertiary/aromatic N) is 1. The third kappa shape index (κ3) is 3.15. The molecule has 0 saturated heterocycles. The van der Waals surface area contributed by atoms with Gasteiger partial charge in [0.2, 0.25) is 0 Å². The molecule has 4 heteroatoms. The highest BCUT2D eigenvalue weighted by Gasteiger charge is 2.11. The van der Waals surface area contributed by atoms with Gasteiger partial charge in [-0.3, -0.25) is 4.79 Å². The number of phenolic OH excluding ortho intramolecular Hbond substituents is 1. The Morgan fingerprint density at radius 2 is 1.95 bits per heavy atom. The van der Waals surface area contributed by atoms with Crippen LogP contribution in [-0.4, -0.2) is 11.0 Å². The number of benzene rings is 2. The number of hydrogen-bond donors (Lipinski definition) is 2. The highest BCUT2D eigenvalue weighted by atomic mass is 16.3. The molecule has 0 aliphatic rings. The van der Waals surface area contributed by atoms with Gasteiger partial charge in [-0.15, -0.1) is 0 Å². The molecule has 0 aliphatic heterocycles. The van der Waals surface area contributed by atoms with Gasteiger partial charge in [-0.1, -0.05) is 18.2 Å². The second kappa shape index (κ2) is 5.89. The quantitative estimate of drug-likeness (QED) is 0.897. The molecule has 0 radical (unpaired) electrons. The second-order valence-electron chi connectivity index (χ2n) is 4.48. The molecule has 0 bridgehead atoms. The lowest BCUT2D eigenvalue weighted by Crippen LogP contribution is -2.26. The molecule has 20 heavy (non-hydrogen) atoms. The average Bonchev–Trinajstić information content (AvgIpc) is 2.47. The van der Waals surface area contributed by atoms with Crippen molar-refractivity contribution in [1.82, 2.24) is 5.32 Å². The average molecular weight is 266 g/mol. The first-order valence-corrected chi connectivity index (χ1v) is 6.20. The fourth-order valence-corrected chi connectivity index (χ4v) is 1.86. The smallest absolute Gasteiger partial charge is 0.251 e. The fourth-order valence-electron chi connectivity index (χ4n) is 1.86. The molecule has 2 aromatic carbocycles. The number of amides is 1. The maximum atomic E-state index is 12.0. The molecule has 0 aromatic heterocycles. The minimum absolute atomic E-state index is 0.0590. The van der Waals surface area contributed by atoms with Crippen LogP contribution >= 0.6 is 0 Å². The third-order valence-electron chi connectivity index (χ3n) is 3.00. The van der Waals surface area contributed by atoms with E-state index in [1.165, 1.54) is 12.1 Å². The Morgan fingerprint density at radius 1 is 1.25 bits per heavy atom. The van der Waals surface area contributed by atoms with Crippen LogP contribution in [0, 0.1) is 11.3 Å². The van der Waals surface area contributed by atoms with Gasteiger partial charge in [0.25, 0.3) is 5.91 Å². The lowest BCUT2D eigenvalue weighted by molar-refractivity contribution is 0.0939. The monoisotopic (exact) mass is 266 g/mol. The minimum Gasteiger partial charge on any atom is -0.508 e. The van der Waals surface area contributed by atoms with Crippen molar-refractivity contribution in [2.75, 3.05) is 0 Å². The summed E-state index contributed by atoms with van der Waals surface area (Å²) >= 11 is 0. The van der Waals surface area contributed by atoms with Gasteiger partial charge in [-0.25, -0.2) is 0 Å². The molecule has 0 heterocycles. The number of carbonyl (C=O) groups excluding carboxylic acids is 1. The molecular formula is C16H14N2O2. The van der Waals surface area contributed by atoms with Gasteiger partial charge in [0.05, 0.1) is 17.7 Å². The van der Waals surface area contributed by atoms with E-state index in [1.54, 1.807) is 24.3 Å². The van der Waals surface area contributed by atoms with Crippen LogP contribution in [0.2, 0.25) is 0 Å². The summed E-state index contributed by atoms with van der Waals surface area (Å²) < 4.78 is 0. The summed E-state index contributed by atoms with van der Waals surface area (Å²) in [5, 5.41) is 20.9. The van der Waals surface area contributed by atoms with Gasteiger partial charge in [0, 0.05) is 5.56 Å². The molecule has 100 valence electrons. The van der Waals surface area contributed by atoms with Gasteiger partial charge >= 0.3 is 0 Å². The Labute approximate surface area is 117 Å². The summed E-state index contributed by atoms with van der Waals surface area (Å²) in [5.41, 5.74) is 1.91. The number of phenols is 1. The van der Waals surface area contributed by atoms with E-state index >= 15 is 0 Å². The van der Waals surface area contributed by atoms with E-state index in [2.05, 4.69) is 11.4 Å². The molecule has 0 fully saturated rings. The molecule has 1 atom stereocenters. The number of aromatic hydroxyl groups is 1. The summed E-state index contributed by atoms with van der Waals surface area (Å²) in [6, 6.07) is 15.1. The number of rotatable bonds is 3. The van der Waals surface area contributed by atoms with Crippen molar-refractivity contribution in [3.8, 4) is 11.8 Å². The molecule has 2 rings (SSSR count). The third-order valence-corrected chi connectivity index (χ3v) is 3.00. The van der Waals surface area contributed by atoms with Crippen molar-refractivity contribution < 1.29 is 9.90 Å². The lowest BCUT2D eigenvalue weighted by Gasteiger charge is -2.14. The van der Waals surface area contributed by atoms with Crippen LogP contribution in [0.15, 0.2) is 48.5 Å². The van der Waals surface area contributed by atoms with Crippen LogP contribution in [-0.2, 0) is 0 Å². The molecule has 0 aliphatic carbocycles. The highest BCUT2D eigenvalue weighted by Crippen LogP contribution is 2.15. The van der Waals surface area contributed by atoms with E-state index in [0.717, 1.165) is 5.56 Å². The zero-order chi connectivity index (χ0) is 14.5. The van der Waals surface area contributed by atoms with Crippen molar-refractivity contribution in [1.29, 1.82) is 5.26 Å². The zero-order valence-electron chi connectivity index (χ0n) is 11.0. The van der Waals surface area contributed by atoms with Crippen LogP contribution in [0.5, 0.6) is 5.75 Å². The zero-order valence-corrected chi connectivity index (χ0v) is 11.0. The van der Waals surface area contributed by atoms with Gasteiger partial charge in [0.1, 0.15) is 5.75 Å². The van der Waals surface area contributed by atoms with E-state index in [-0.39, 0.29) is 17.7 Å². The van der Waals surface area contributed by atoms with Crippen molar-refractivity contribution in [2.24, 2.45) is 0 Å². The molecule has 2 N–H and O–H groups in total. The van der Waals surface area contributed by atoms with Crippen molar-refractivity contribution in [3.63, 3.8) is 0 Å². The highest BCUT2D eigenvalue weighted by molar-refractivity contribution is 5.94. The van der Waals surface area contributed by atoms with E-state index < -0.39 is 0 Å². The lowest BCUT2D eigenvalue weighted by atomic mass is 10.1. The first kappa shape index (κ1) is 13.6. The van der Waals surface area contributed by atoms with E-state index in [1.807, 2.05) is 19.1 Å². The van der Waals surface area contributed by atoms with E-state index in [4.69, 9.17) is 5.26 Å². The summed E-state index contributed by atoms with van der Waals surface area (Å²) in [7, 11) is 0. The largest absolute Gasteiger partial charge is 0.508 e. The van der Waals surface area contributed by atoms with Gasteiger partial charge in [-0.2, -0.15) is 5.26 Å². The predicted octanol–water partition coefficient (Wildman–Crippen LogP) is 2.75. The SMILES string of the molecule is CC(NC(=O)c1cccc(O)c1)c1ccc(C#N)cc1. The van der Waals surface area contributed by atoms with Gasteiger partial charge in [-0.05, 0) is 42.8 Å². The normalized spacial score (nSPS) is 11.4. The summed E-state index contributed by atoms with van der Waals surface area (Å²) in [4.78, 5) is 12.0. The van der Waals surface area contributed by atoms with Gasteiger partial charge in [0.15, 0.2) is 0 Å².